The highest BCUT2D eigenvalue weighted by Crippen LogP contribution is 2.40. The zero-order chi connectivity index (χ0) is 20.8. The van der Waals surface area contributed by atoms with Crippen molar-refractivity contribution in [1.82, 2.24) is 9.97 Å². The van der Waals surface area contributed by atoms with Gasteiger partial charge in [-0.25, -0.2) is 4.98 Å². The number of aryl methyl sites for hydroxylation is 1. The third kappa shape index (κ3) is 4.87. The zero-order valence-electron chi connectivity index (χ0n) is 17.3. The van der Waals surface area contributed by atoms with Crippen molar-refractivity contribution in [1.29, 1.82) is 0 Å². The summed E-state index contributed by atoms with van der Waals surface area (Å²) in [5.41, 5.74) is 2.77. The monoisotopic (exact) mass is 394 g/mol. The van der Waals surface area contributed by atoms with Crippen LogP contribution in [0.3, 0.4) is 0 Å². The molecule has 1 heterocycles. The maximum absolute atomic E-state index is 5.42. The van der Waals surface area contributed by atoms with Crippen LogP contribution in [0.25, 0.3) is 0 Å². The lowest BCUT2D eigenvalue weighted by Crippen LogP contribution is -2.10. The van der Waals surface area contributed by atoms with Crippen molar-refractivity contribution in [2.75, 3.05) is 32.0 Å². The SMILES string of the molecule is COc1cc(Nc2cc(C)nc(NC(C)c3ccccc3)n2)cc(OC)c1OC. The Balaban J connectivity index is 1.85. The number of nitrogens with zero attached hydrogens (tertiary/aromatic N) is 2. The molecule has 0 radical (unpaired) electrons. The zero-order valence-corrected chi connectivity index (χ0v) is 17.3. The molecule has 7 heteroatoms. The molecule has 0 saturated heterocycles. The molecule has 0 spiro atoms. The highest BCUT2D eigenvalue weighted by Gasteiger charge is 2.14. The summed E-state index contributed by atoms with van der Waals surface area (Å²) in [6.45, 7) is 4.01. The van der Waals surface area contributed by atoms with Gasteiger partial charge in [-0.05, 0) is 19.4 Å². The van der Waals surface area contributed by atoms with Gasteiger partial charge in [0, 0.05) is 29.6 Å². The predicted octanol–water partition coefficient (Wildman–Crippen LogP) is 4.73. The number of methoxy groups -OCH3 is 3. The fourth-order valence-corrected chi connectivity index (χ4v) is 3.02. The van der Waals surface area contributed by atoms with Crippen molar-refractivity contribution in [2.45, 2.75) is 19.9 Å². The number of benzene rings is 2. The van der Waals surface area contributed by atoms with E-state index in [0.29, 0.717) is 29.0 Å². The average Bonchev–Trinajstić information content (AvgIpc) is 2.73. The Morgan fingerprint density at radius 2 is 1.52 bits per heavy atom. The molecule has 1 unspecified atom stereocenters. The molecule has 29 heavy (non-hydrogen) atoms. The van der Waals surface area contributed by atoms with Crippen LogP contribution in [0.1, 0.15) is 24.2 Å². The minimum Gasteiger partial charge on any atom is -0.493 e. The van der Waals surface area contributed by atoms with E-state index in [4.69, 9.17) is 14.2 Å². The van der Waals surface area contributed by atoms with Gasteiger partial charge in [0.2, 0.25) is 11.7 Å². The van der Waals surface area contributed by atoms with E-state index < -0.39 is 0 Å². The minimum atomic E-state index is 0.0759. The Bertz CT molecular complexity index is 939. The van der Waals surface area contributed by atoms with Crippen molar-refractivity contribution in [3.63, 3.8) is 0 Å². The van der Waals surface area contributed by atoms with Crippen LogP contribution in [-0.2, 0) is 0 Å². The molecule has 0 saturated carbocycles. The van der Waals surface area contributed by atoms with E-state index in [1.807, 2.05) is 43.3 Å². The smallest absolute Gasteiger partial charge is 0.225 e. The van der Waals surface area contributed by atoms with Crippen molar-refractivity contribution in [3.8, 4) is 17.2 Å². The van der Waals surface area contributed by atoms with Crippen LogP contribution < -0.4 is 24.8 Å². The molecule has 2 N–H and O–H groups in total. The van der Waals surface area contributed by atoms with Crippen LogP contribution in [0.4, 0.5) is 17.5 Å². The Kier molecular flexibility index (Phi) is 6.39. The number of anilines is 3. The molecule has 0 aliphatic carbocycles. The van der Waals surface area contributed by atoms with E-state index >= 15 is 0 Å². The topological polar surface area (TPSA) is 77.5 Å². The molecule has 3 aromatic rings. The summed E-state index contributed by atoms with van der Waals surface area (Å²) in [4.78, 5) is 9.11. The van der Waals surface area contributed by atoms with Crippen LogP contribution in [-0.4, -0.2) is 31.3 Å². The second kappa shape index (κ2) is 9.14. The Hall–Kier alpha value is -3.48. The highest BCUT2D eigenvalue weighted by atomic mass is 16.5. The fraction of sp³-hybridized carbons (Fsp3) is 0.273. The first kappa shape index (κ1) is 20.3. The molecule has 1 aromatic heterocycles. The van der Waals surface area contributed by atoms with Gasteiger partial charge in [0.05, 0.1) is 27.4 Å². The number of hydrogen-bond acceptors (Lipinski definition) is 7. The fourth-order valence-electron chi connectivity index (χ4n) is 3.02. The largest absolute Gasteiger partial charge is 0.493 e. The molecule has 0 aliphatic rings. The van der Waals surface area contributed by atoms with Crippen molar-refractivity contribution < 1.29 is 14.2 Å². The van der Waals surface area contributed by atoms with Gasteiger partial charge >= 0.3 is 0 Å². The molecule has 0 bridgehead atoms. The number of aromatic nitrogens is 2. The summed E-state index contributed by atoms with van der Waals surface area (Å²) < 4.78 is 16.2. The Labute approximate surface area is 171 Å². The normalized spacial score (nSPS) is 11.5. The molecular formula is C22H26N4O3. The van der Waals surface area contributed by atoms with E-state index in [2.05, 4.69) is 39.7 Å². The van der Waals surface area contributed by atoms with Gasteiger partial charge < -0.3 is 24.8 Å². The minimum absolute atomic E-state index is 0.0759. The van der Waals surface area contributed by atoms with Crippen molar-refractivity contribution in [2.24, 2.45) is 0 Å². The Morgan fingerprint density at radius 3 is 2.10 bits per heavy atom. The molecule has 7 nitrogen and oxygen atoms in total. The average molecular weight is 394 g/mol. The van der Waals surface area contributed by atoms with E-state index in [0.717, 1.165) is 16.9 Å². The van der Waals surface area contributed by atoms with E-state index in [9.17, 15) is 0 Å². The van der Waals surface area contributed by atoms with Crippen molar-refractivity contribution in [3.05, 3.63) is 59.8 Å². The maximum Gasteiger partial charge on any atom is 0.225 e. The quantitative estimate of drug-likeness (QED) is 0.572. The maximum atomic E-state index is 5.42. The molecule has 2 aromatic carbocycles. The predicted molar refractivity (Wildman–Crippen MR) is 115 cm³/mol. The van der Waals surface area contributed by atoms with Gasteiger partial charge in [0.25, 0.3) is 0 Å². The third-order valence-corrected chi connectivity index (χ3v) is 4.44. The number of nitrogens with one attached hydrogen (secondary N) is 2. The van der Waals surface area contributed by atoms with Gasteiger partial charge in [-0.3, -0.25) is 0 Å². The summed E-state index contributed by atoms with van der Waals surface area (Å²) in [7, 11) is 4.75. The second-order valence-corrected chi connectivity index (χ2v) is 6.53. The summed E-state index contributed by atoms with van der Waals surface area (Å²) >= 11 is 0. The summed E-state index contributed by atoms with van der Waals surface area (Å²) in [6, 6.07) is 15.8. The lowest BCUT2D eigenvalue weighted by atomic mass is 10.1. The number of hydrogen-bond donors (Lipinski definition) is 2. The number of rotatable bonds is 8. The van der Waals surface area contributed by atoms with Crippen LogP contribution in [0, 0.1) is 6.92 Å². The molecule has 1 atom stereocenters. The van der Waals surface area contributed by atoms with E-state index in [1.165, 1.54) is 0 Å². The standard InChI is InChI=1S/C22H26N4O3/c1-14-11-20(25-17-12-18(27-3)21(29-5)19(13-17)28-4)26-22(23-14)24-15(2)16-9-7-6-8-10-16/h6-13,15H,1-5H3,(H2,23,24,25,26). The van der Waals surface area contributed by atoms with Gasteiger partial charge in [0.1, 0.15) is 5.82 Å². The first-order valence-corrected chi connectivity index (χ1v) is 9.28. The molecule has 0 fully saturated rings. The molecule has 3 rings (SSSR count). The van der Waals surface area contributed by atoms with E-state index in [-0.39, 0.29) is 6.04 Å². The van der Waals surface area contributed by atoms with Crippen LogP contribution in [0.5, 0.6) is 17.2 Å². The van der Waals surface area contributed by atoms with Gasteiger partial charge in [-0.15, -0.1) is 0 Å². The molecule has 0 aliphatic heterocycles. The number of ether oxygens (including phenoxy) is 3. The summed E-state index contributed by atoms with van der Waals surface area (Å²) in [6.07, 6.45) is 0. The summed E-state index contributed by atoms with van der Waals surface area (Å²) in [5, 5.41) is 6.65. The molecule has 0 amide bonds. The van der Waals surface area contributed by atoms with Crippen LogP contribution in [0.2, 0.25) is 0 Å². The van der Waals surface area contributed by atoms with Gasteiger partial charge in [-0.2, -0.15) is 4.98 Å². The Morgan fingerprint density at radius 1 is 0.862 bits per heavy atom. The molecule has 152 valence electrons. The van der Waals surface area contributed by atoms with Gasteiger partial charge in [-0.1, -0.05) is 30.3 Å². The summed E-state index contributed by atoms with van der Waals surface area (Å²) in [5.74, 6) is 2.89. The second-order valence-electron chi connectivity index (χ2n) is 6.53. The van der Waals surface area contributed by atoms with Crippen LogP contribution >= 0.6 is 0 Å². The highest BCUT2D eigenvalue weighted by molar-refractivity contribution is 5.67. The molecular weight excluding hydrogens is 368 g/mol. The third-order valence-electron chi connectivity index (χ3n) is 4.44. The van der Waals surface area contributed by atoms with E-state index in [1.54, 1.807) is 21.3 Å². The first-order chi connectivity index (χ1) is 14.0. The van der Waals surface area contributed by atoms with Crippen molar-refractivity contribution >= 4 is 17.5 Å². The van der Waals surface area contributed by atoms with Crippen LogP contribution in [0.15, 0.2) is 48.5 Å². The first-order valence-electron chi connectivity index (χ1n) is 9.28. The lowest BCUT2D eigenvalue weighted by molar-refractivity contribution is 0.324. The lowest BCUT2D eigenvalue weighted by Gasteiger charge is -2.17. The van der Waals surface area contributed by atoms with Gasteiger partial charge in [0.15, 0.2) is 11.5 Å².